The van der Waals surface area contributed by atoms with Crippen molar-refractivity contribution in [1.82, 2.24) is 19.7 Å². The molecular formula is C21H16BrN5O. The van der Waals surface area contributed by atoms with Crippen LogP contribution in [0.5, 0.6) is 0 Å². The van der Waals surface area contributed by atoms with E-state index in [0.29, 0.717) is 22.8 Å². The van der Waals surface area contributed by atoms with Crippen LogP contribution in [-0.2, 0) is 0 Å². The van der Waals surface area contributed by atoms with E-state index >= 15 is 0 Å². The van der Waals surface area contributed by atoms with Crippen LogP contribution in [0.15, 0.2) is 77.7 Å². The molecule has 1 N–H and O–H groups in total. The van der Waals surface area contributed by atoms with Gasteiger partial charge < -0.3 is 5.32 Å². The van der Waals surface area contributed by atoms with E-state index < -0.39 is 0 Å². The van der Waals surface area contributed by atoms with Crippen LogP contribution in [0.3, 0.4) is 0 Å². The first-order valence-corrected chi connectivity index (χ1v) is 9.41. The van der Waals surface area contributed by atoms with Gasteiger partial charge in [0.05, 0.1) is 22.6 Å². The third kappa shape index (κ3) is 3.70. The van der Waals surface area contributed by atoms with Crippen LogP contribution in [0, 0.1) is 6.92 Å². The molecule has 7 heteroatoms. The molecule has 6 nitrogen and oxygen atoms in total. The fourth-order valence-corrected chi connectivity index (χ4v) is 3.27. The Morgan fingerprint density at radius 3 is 2.71 bits per heavy atom. The number of hydrogen-bond donors (Lipinski definition) is 1. The molecule has 3 heterocycles. The summed E-state index contributed by atoms with van der Waals surface area (Å²) < 4.78 is 2.59. The van der Waals surface area contributed by atoms with Crippen molar-refractivity contribution in [3.05, 3.63) is 88.9 Å². The average molecular weight is 434 g/mol. The quantitative estimate of drug-likeness (QED) is 0.508. The molecule has 4 rings (SSSR count). The van der Waals surface area contributed by atoms with Crippen LogP contribution >= 0.6 is 15.9 Å². The van der Waals surface area contributed by atoms with Crippen molar-refractivity contribution < 1.29 is 4.79 Å². The van der Waals surface area contributed by atoms with E-state index in [-0.39, 0.29) is 5.91 Å². The van der Waals surface area contributed by atoms with Crippen molar-refractivity contribution >= 4 is 27.5 Å². The third-order valence-electron chi connectivity index (χ3n) is 4.21. The standard InChI is InChI=1S/C21H16BrN5O/c1-14-17(8-9-18(25-14)15-5-2-6-16(22)13-15)21(28)26-19-7-3-10-23-20(19)27-12-4-11-24-27/h2-13H,1H3,(H,26,28). The lowest BCUT2D eigenvalue weighted by Gasteiger charge is -2.12. The summed E-state index contributed by atoms with van der Waals surface area (Å²) in [6, 6.07) is 16.9. The molecule has 0 bridgehead atoms. The lowest BCUT2D eigenvalue weighted by molar-refractivity contribution is 0.102. The first-order chi connectivity index (χ1) is 13.6. The molecule has 0 radical (unpaired) electrons. The highest BCUT2D eigenvalue weighted by Gasteiger charge is 2.15. The maximum Gasteiger partial charge on any atom is 0.257 e. The Balaban J connectivity index is 1.61. The van der Waals surface area contributed by atoms with Crippen molar-refractivity contribution in [3.8, 4) is 17.1 Å². The number of hydrogen-bond acceptors (Lipinski definition) is 4. The van der Waals surface area contributed by atoms with Gasteiger partial charge in [-0.15, -0.1) is 0 Å². The molecule has 0 aliphatic heterocycles. The molecule has 1 amide bonds. The van der Waals surface area contributed by atoms with E-state index in [1.54, 1.807) is 47.5 Å². The SMILES string of the molecule is Cc1nc(-c2cccc(Br)c2)ccc1C(=O)Nc1cccnc1-n1cccn1. The number of aromatic nitrogens is 4. The molecule has 0 saturated carbocycles. The largest absolute Gasteiger partial charge is 0.319 e. The van der Waals surface area contributed by atoms with Crippen molar-refractivity contribution in [2.45, 2.75) is 6.92 Å². The summed E-state index contributed by atoms with van der Waals surface area (Å²) in [5.74, 6) is 0.310. The Morgan fingerprint density at radius 1 is 1.07 bits per heavy atom. The zero-order valence-electron chi connectivity index (χ0n) is 15.0. The first-order valence-electron chi connectivity index (χ1n) is 8.62. The number of rotatable bonds is 4. The molecule has 0 atom stereocenters. The highest BCUT2D eigenvalue weighted by molar-refractivity contribution is 9.10. The molecule has 0 aliphatic rings. The monoisotopic (exact) mass is 433 g/mol. The summed E-state index contributed by atoms with van der Waals surface area (Å²) in [6.07, 6.45) is 5.10. The van der Waals surface area contributed by atoms with Crippen LogP contribution in [0.25, 0.3) is 17.1 Å². The molecule has 0 saturated heterocycles. The normalized spacial score (nSPS) is 10.6. The molecule has 4 aromatic rings. The highest BCUT2D eigenvalue weighted by atomic mass is 79.9. The Bertz CT molecular complexity index is 1140. The van der Waals surface area contributed by atoms with E-state index in [2.05, 4.69) is 36.3 Å². The number of halogens is 1. The summed E-state index contributed by atoms with van der Waals surface area (Å²) in [5, 5.41) is 7.10. The number of carbonyl (C=O) groups is 1. The van der Waals surface area contributed by atoms with Gasteiger partial charge in [0.2, 0.25) is 0 Å². The van der Waals surface area contributed by atoms with E-state index in [1.807, 2.05) is 37.3 Å². The van der Waals surface area contributed by atoms with Gasteiger partial charge in [-0.3, -0.25) is 9.78 Å². The number of nitrogens with zero attached hydrogens (tertiary/aromatic N) is 4. The molecule has 1 aromatic carbocycles. The van der Waals surface area contributed by atoms with Gasteiger partial charge in [-0.05, 0) is 49.4 Å². The summed E-state index contributed by atoms with van der Waals surface area (Å²) in [5.41, 5.74) is 3.53. The predicted molar refractivity (Wildman–Crippen MR) is 111 cm³/mol. The molecule has 0 unspecified atom stereocenters. The van der Waals surface area contributed by atoms with E-state index in [4.69, 9.17) is 0 Å². The number of pyridine rings is 2. The number of anilines is 1. The van der Waals surface area contributed by atoms with Gasteiger partial charge in [-0.25, -0.2) is 9.67 Å². The van der Waals surface area contributed by atoms with Crippen molar-refractivity contribution in [1.29, 1.82) is 0 Å². The fourth-order valence-electron chi connectivity index (χ4n) is 2.87. The number of carbonyl (C=O) groups excluding carboxylic acids is 1. The second-order valence-electron chi connectivity index (χ2n) is 6.12. The number of aryl methyl sites for hydroxylation is 1. The second kappa shape index (κ2) is 7.74. The van der Waals surface area contributed by atoms with Gasteiger partial charge in [0.15, 0.2) is 5.82 Å². The van der Waals surface area contributed by atoms with Gasteiger partial charge in [0.1, 0.15) is 0 Å². The lowest BCUT2D eigenvalue weighted by atomic mass is 10.1. The zero-order valence-corrected chi connectivity index (χ0v) is 16.6. The summed E-state index contributed by atoms with van der Waals surface area (Å²) in [7, 11) is 0. The smallest absolute Gasteiger partial charge is 0.257 e. The van der Waals surface area contributed by atoms with Gasteiger partial charge >= 0.3 is 0 Å². The Hall–Kier alpha value is -3.32. The van der Waals surface area contributed by atoms with E-state index in [1.165, 1.54) is 0 Å². The Kier molecular flexibility index (Phi) is 4.99. The third-order valence-corrected chi connectivity index (χ3v) is 4.70. The minimum absolute atomic E-state index is 0.243. The average Bonchev–Trinajstić information content (AvgIpc) is 3.23. The van der Waals surface area contributed by atoms with E-state index in [9.17, 15) is 4.79 Å². The first kappa shape index (κ1) is 18.1. The second-order valence-corrected chi connectivity index (χ2v) is 7.03. The minimum Gasteiger partial charge on any atom is -0.319 e. The van der Waals surface area contributed by atoms with Crippen LogP contribution in [0.4, 0.5) is 5.69 Å². The number of amides is 1. The Labute approximate surface area is 170 Å². The highest BCUT2D eigenvalue weighted by Crippen LogP contribution is 2.23. The van der Waals surface area contributed by atoms with Crippen LogP contribution in [0.2, 0.25) is 0 Å². The molecule has 3 aromatic heterocycles. The zero-order chi connectivity index (χ0) is 19.5. The van der Waals surface area contributed by atoms with Crippen LogP contribution in [0.1, 0.15) is 16.1 Å². The fraction of sp³-hybridized carbons (Fsp3) is 0.0476. The minimum atomic E-state index is -0.243. The molecular weight excluding hydrogens is 418 g/mol. The van der Waals surface area contributed by atoms with Crippen molar-refractivity contribution in [2.75, 3.05) is 5.32 Å². The number of benzene rings is 1. The molecule has 0 spiro atoms. The Morgan fingerprint density at radius 2 is 1.96 bits per heavy atom. The lowest BCUT2D eigenvalue weighted by Crippen LogP contribution is -2.16. The van der Waals surface area contributed by atoms with Crippen molar-refractivity contribution in [2.24, 2.45) is 0 Å². The van der Waals surface area contributed by atoms with Crippen molar-refractivity contribution in [3.63, 3.8) is 0 Å². The van der Waals surface area contributed by atoms with Gasteiger partial charge in [0.25, 0.3) is 5.91 Å². The summed E-state index contributed by atoms with van der Waals surface area (Å²) in [4.78, 5) is 21.8. The summed E-state index contributed by atoms with van der Waals surface area (Å²) >= 11 is 3.47. The topological polar surface area (TPSA) is 72.7 Å². The van der Waals surface area contributed by atoms with Gasteiger partial charge in [-0.1, -0.05) is 28.1 Å². The molecule has 0 aliphatic carbocycles. The van der Waals surface area contributed by atoms with Crippen LogP contribution in [-0.4, -0.2) is 25.7 Å². The van der Waals surface area contributed by atoms with Gasteiger partial charge in [-0.2, -0.15) is 5.10 Å². The van der Waals surface area contributed by atoms with Gasteiger partial charge in [0, 0.05) is 28.6 Å². The molecule has 28 heavy (non-hydrogen) atoms. The predicted octanol–water partition coefficient (Wildman–Crippen LogP) is 4.65. The number of nitrogens with one attached hydrogen (secondary N) is 1. The van der Waals surface area contributed by atoms with Crippen LogP contribution < -0.4 is 5.32 Å². The molecule has 138 valence electrons. The maximum atomic E-state index is 12.8. The molecule has 0 fully saturated rings. The maximum absolute atomic E-state index is 12.8. The summed E-state index contributed by atoms with van der Waals surface area (Å²) in [6.45, 7) is 1.83. The van der Waals surface area contributed by atoms with E-state index in [0.717, 1.165) is 15.7 Å².